The van der Waals surface area contributed by atoms with Crippen molar-refractivity contribution in [3.05, 3.63) is 125 Å². The van der Waals surface area contributed by atoms with Crippen molar-refractivity contribution >= 4 is 33.8 Å². The smallest absolute Gasteiger partial charge is 0.343 e. The van der Waals surface area contributed by atoms with E-state index in [-0.39, 0.29) is 4.90 Å². The lowest BCUT2D eigenvalue weighted by Gasteiger charge is -2.25. The molecule has 0 aliphatic carbocycles. The summed E-state index contributed by atoms with van der Waals surface area (Å²) in [6.07, 6.45) is 1.41. The van der Waals surface area contributed by atoms with Crippen LogP contribution in [0.5, 0.6) is 5.75 Å². The van der Waals surface area contributed by atoms with Crippen LogP contribution < -0.4 is 14.5 Å². The number of ether oxygens (including phenoxy) is 1. The first-order chi connectivity index (χ1) is 18.7. The maximum absolute atomic E-state index is 13.5. The van der Waals surface area contributed by atoms with E-state index in [1.54, 1.807) is 91.9 Å². The predicted octanol–water partition coefficient (Wildman–Crippen LogP) is 4.87. The van der Waals surface area contributed by atoms with Crippen molar-refractivity contribution in [3.63, 3.8) is 0 Å². The molecule has 0 fully saturated rings. The Labute approximate surface area is 227 Å². The lowest BCUT2D eigenvalue weighted by atomic mass is 10.2. The zero-order valence-corrected chi connectivity index (χ0v) is 22.3. The summed E-state index contributed by atoms with van der Waals surface area (Å²) in [5, 5.41) is 3.96. The number of aryl methyl sites for hydroxylation is 2. The number of carbonyl (C=O) groups is 2. The number of nitrogens with one attached hydrogen (secondary N) is 1. The van der Waals surface area contributed by atoms with Crippen LogP contribution >= 0.6 is 0 Å². The summed E-state index contributed by atoms with van der Waals surface area (Å²) in [5.74, 6) is -0.720. The van der Waals surface area contributed by atoms with Gasteiger partial charge in [-0.2, -0.15) is 5.10 Å². The Morgan fingerprint density at radius 1 is 0.846 bits per heavy atom. The van der Waals surface area contributed by atoms with Gasteiger partial charge in [-0.15, -0.1) is 0 Å². The molecular weight excluding hydrogens is 514 g/mol. The average molecular weight is 542 g/mol. The molecule has 4 rings (SSSR count). The van der Waals surface area contributed by atoms with Gasteiger partial charge in [-0.3, -0.25) is 9.10 Å². The third-order valence-corrected chi connectivity index (χ3v) is 7.56. The number of rotatable bonds is 9. The Kier molecular flexibility index (Phi) is 8.53. The van der Waals surface area contributed by atoms with Crippen LogP contribution in [0.2, 0.25) is 0 Å². The van der Waals surface area contributed by atoms with Gasteiger partial charge >= 0.3 is 5.97 Å². The normalized spacial score (nSPS) is 11.2. The standard InChI is InChI=1S/C30H27N3O5S/c1-22-12-18-27(19-13-22)39(36,37)33(28-11-7-6-8-23(28)2)21-29(34)32-31-20-24-14-16-26(17-15-24)38-30(35)25-9-4-3-5-10-25/h3-20H,21H2,1-2H3,(H,32,34)/b31-20+. The zero-order valence-electron chi connectivity index (χ0n) is 21.4. The van der Waals surface area contributed by atoms with Crippen LogP contribution in [-0.4, -0.2) is 33.1 Å². The van der Waals surface area contributed by atoms with Crippen LogP contribution in [0.15, 0.2) is 113 Å². The lowest BCUT2D eigenvalue weighted by molar-refractivity contribution is -0.119. The molecule has 0 aliphatic heterocycles. The number of carbonyl (C=O) groups excluding carboxylic acids is 2. The molecule has 0 spiro atoms. The summed E-state index contributed by atoms with van der Waals surface area (Å²) < 4.78 is 33.4. The maximum atomic E-state index is 13.5. The molecule has 0 saturated carbocycles. The van der Waals surface area contributed by atoms with E-state index >= 15 is 0 Å². The summed E-state index contributed by atoms with van der Waals surface area (Å²) >= 11 is 0. The van der Waals surface area contributed by atoms with Crippen LogP contribution in [0.3, 0.4) is 0 Å². The molecule has 0 radical (unpaired) electrons. The van der Waals surface area contributed by atoms with Crippen LogP contribution in [0.25, 0.3) is 0 Å². The van der Waals surface area contributed by atoms with E-state index in [1.807, 2.05) is 13.0 Å². The largest absolute Gasteiger partial charge is 0.423 e. The summed E-state index contributed by atoms with van der Waals surface area (Å²) in [6.45, 7) is 3.18. The highest BCUT2D eigenvalue weighted by Gasteiger charge is 2.28. The molecule has 0 unspecified atom stereocenters. The monoisotopic (exact) mass is 541 g/mol. The first-order valence-electron chi connectivity index (χ1n) is 12.1. The molecule has 39 heavy (non-hydrogen) atoms. The minimum Gasteiger partial charge on any atom is -0.423 e. The number of esters is 1. The molecule has 0 aromatic heterocycles. The number of nitrogens with zero attached hydrogens (tertiary/aromatic N) is 2. The number of para-hydroxylation sites is 1. The fourth-order valence-corrected chi connectivity index (χ4v) is 5.17. The molecule has 0 atom stereocenters. The third kappa shape index (κ3) is 6.97. The molecule has 4 aromatic rings. The second-order valence-corrected chi connectivity index (χ2v) is 10.6. The maximum Gasteiger partial charge on any atom is 0.343 e. The number of hydrazone groups is 1. The highest BCUT2D eigenvalue weighted by atomic mass is 32.2. The van der Waals surface area contributed by atoms with Gasteiger partial charge in [0.2, 0.25) is 0 Å². The van der Waals surface area contributed by atoms with Gasteiger partial charge in [0.05, 0.1) is 22.4 Å². The van der Waals surface area contributed by atoms with Crippen LogP contribution in [-0.2, 0) is 14.8 Å². The Hall–Kier alpha value is -4.76. The third-order valence-electron chi connectivity index (χ3n) is 5.78. The summed E-state index contributed by atoms with van der Waals surface area (Å²) in [4.78, 5) is 25.1. The second kappa shape index (κ2) is 12.2. The van der Waals surface area contributed by atoms with Crippen molar-refractivity contribution in [2.45, 2.75) is 18.7 Å². The number of sulfonamides is 1. The number of anilines is 1. The number of benzene rings is 4. The van der Waals surface area contributed by atoms with Gasteiger partial charge in [0.15, 0.2) is 0 Å². The molecule has 0 bridgehead atoms. The van der Waals surface area contributed by atoms with Crippen molar-refractivity contribution in [2.75, 3.05) is 10.8 Å². The number of amides is 1. The number of hydrogen-bond acceptors (Lipinski definition) is 6. The molecule has 4 aromatic carbocycles. The molecule has 1 N–H and O–H groups in total. The second-order valence-electron chi connectivity index (χ2n) is 8.73. The van der Waals surface area contributed by atoms with Gasteiger partial charge in [-0.1, -0.05) is 54.1 Å². The molecular formula is C30H27N3O5S. The lowest BCUT2D eigenvalue weighted by Crippen LogP contribution is -2.40. The quantitative estimate of drug-likeness (QED) is 0.141. The van der Waals surface area contributed by atoms with Crippen molar-refractivity contribution in [2.24, 2.45) is 5.10 Å². The number of hydrogen-bond donors (Lipinski definition) is 1. The minimum absolute atomic E-state index is 0.0840. The fourth-order valence-electron chi connectivity index (χ4n) is 3.69. The van der Waals surface area contributed by atoms with E-state index in [9.17, 15) is 18.0 Å². The van der Waals surface area contributed by atoms with Crippen LogP contribution in [0.1, 0.15) is 27.0 Å². The summed E-state index contributed by atoms with van der Waals surface area (Å²) in [7, 11) is -4.02. The van der Waals surface area contributed by atoms with Crippen molar-refractivity contribution in [1.82, 2.24) is 5.43 Å². The van der Waals surface area contributed by atoms with Crippen LogP contribution in [0.4, 0.5) is 5.69 Å². The average Bonchev–Trinajstić information content (AvgIpc) is 2.94. The Morgan fingerprint density at radius 2 is 1.49 bits per heavy atom. The fraction of sp³-hybridized carbons (Fsp3) is 0.100. The van der Waals surface area contributed by atoms with E-state index in [4.69, 9.17) is 4.74 Å². The predicted molar refractivity (Wildman–Crippen MR) is 150 cm³/mol. The Morgan fingerprint density at radius 3 is 2.15 bits per heavy atom. The van der Waals surface area contributed by atoms with E-state index in [0.29, 0.717) is 28.1 Å². The van der Waals surface area contributed by atoms with Gasteiger partial charge in [-0.25, -0.2) is 18.6 Å². The molecule has 0 aliphatic rings. The van der Waals surface area contributed by atoms with E-state index in [0.717, 1.165) is 9.87 Å². The molecule has 0 heterocycles. The van der Waals surface area contributed by atoms with Crippen molar-refractivity contribution < 1.29 is 22.7 Å². The highest BCUT2D eigenvalue weighted by molar-refractivity contribution is 7.92. The van der Waals surface area contributed by atoms with Crippen molar-refractivity contribution in [1.29, 1.82) is 0 Å². The van der Waals surface area contributed by atoms with Gasteiger partial charge in [0, 0.05) is 0 Å². The van der Waals surface area contributed by atoms with Gasteiger partial charge in [0.25, 0.3) is 15.9 Å². The molecule has 8 nitrogen and oxygen atoms in total. The van der Waals surface area contributed by atoms with E-state index in [1.165, 1.54) is 18.3 Å². The van der Waals surface area contributed by atoms with Gasteiger partial charge < -0.3 is 4.74 Å². The molecule has 1 amide bonds. The van der Waals surface area contributed by atoms with E-state index in [2.05, 4.69) is 10.5 Å². The summed E-state index contributed by atoms with van der Waals surface area (Å²) in [6, 6.07) is 28.6. The van der Waals surface area contributed by atoms with Crippen LogP contribution in [0, 0.1) is 13.8 Å². The molecule has 9 heteroatoms. The van der Waals surface area contributed by atoms with E-state index < -0.39 is 28.4 Å². The highest BCUT2D eigenvalue weighted by Crippen LogP contribution is 2.26. The van der Waals surface area contributed by atoms with Gasteiger partial charge in [0.1, 0.15) is 12.3 Å². The van der Waals surface area contributed by atoms with Gasteiger partial charge in [-0.05, 0) is 79.6 Å². The summed E-state index contributed by atoms with van der Waals surface area (Å²) in [5.41, 5.74) is 5.50. The zero-order chi connectivity index (χ0) is 27.8. The SMILES string of the molecule is Cc1ccc(S(=O)(=O)N(CC(=O)N/N=C/c2ccc(OC(=O)c3ccccc3)cc2)c2ccccc2C)cc1. The first kappa shape index (κ1) is 27.3. The molecule has 198 valence electrons. The Bertz CT molecular complexity index is 1580. The Balaban J connectivity index is 1.43. The topological polar surface area (TPSA) is 105 Å². The minimum atomic E-state index is -4.02. The first-order valence-corrected chi connectivity index (χ1v) is 13.5. The van der Waals surface area contributed by atoms with Crippen molar-refractivity contribution in [3.8, 4) is 5.75 Å². The molecule has 0 saturated heterocycles.